The number of nitrogens with two attached hydrogens (primary N) is 1. The second kappa shape index (κ2) is 6.48. The van der Waals surface area contributed by atoms with E-state index in [4.69, 9.17) is 26.8 Å². The van der Waals surface area contributed by atoms with Crippen molar-refractivity contribution < 1.29 is 9.47 Å². The Hall–Kier alpha value is -1.23. The van der Waals surface area contributed by atoms with Crippen LogP contribution >= 0.6 is 27.5 Å². The molecule has 0 saturated heterocycles. The Balaban J connectivity index is 2.41. The fraction of sp³-hybridized carbons (Fsp3) is 0.200. The van der Waals surface area contributed by atoms with Gasteiger partial charge in [0.2, 0.25) is 0 Å². The molecule has 0 spiro atoms. The monoisotopic (exact) mass is 355 g/mol. The van der Waals surface area contributed by atoms with Crippen LogP contribution in [0.3, 0.4) is 0 Å². The van der Waals surface area contributed by atoms with Crippen molar-refractivity contribution in [2.75, 3.05) is 14.2 Å². The predicted molar refractivity (Wildman–Crippen MR) is 84.7 cm³/mol. The topological polar surface area (TPSA) is 44.5 Å². The molecule has 0 aliphatic rings. The van der Waals surface area contributed by atoms with Gasteiger partial charge in [0, 0.05) is 10.5 Å². The third-order valence-corrected chi connectivity index (χ3v) is 4.27. The minimum absolute atomic E-state index is 0.301. The fourth-order valence-corrected chi connectivity index (χ4v) is 2.34. The van der Waals surface area contributed by atoms with Crippen LogP contribution in [0.5, 0.6) is 11.5 Å². The molecule has 1 atom stereocenters. The first kappa shape index (κ1) is 15.2. The van der Waals surface area contributed by atoms with Crippen LogP contribution < -0.4 is 15.2 Å². The molecular formula is C15H15BrClNO2. The minimum atomic E-state index is -0.301. The van der Waals surface area contributed by atoms with Crippen LogP contribution in [0.1, 0.15) is 17.2 Å². The first-order valence-corrected chi connectivity index (χ1v) is 7.15. The van der Waals surface area contributed by atoms with Crippen LogP contribution in [0, 0.1) is 0 Å². The second-order valence-electron chi connectivity index (χ2n) is 4.30. The Morgan fingerprint density at radius 2 is 1.60 bits per heavy atom. The van der Waals surface area contributed by atoms with Gasteiger partial charge in [-0.2, -0.15) is 0 Å². The van der Waals surface area contributed by atoms with Crippen molar-refractivity contribution in [1.82, 2.24) is 0 Å². The average Bonchev–Trinajstić information content (AvgIpc) is 2.48. The first-order chi connectivity index (χ1) is 9.55. The van der Waals surface area contributed by atoms with E-state index in [-0.39, 0.29) is 6.04 Å². The molecule has 0 aliphatic heterocycles. The van der Waals surface area contributed by atoms with Crippen LogP contribution in [-0.2, 0) is 0 Å². The Morgan fingerprint density at radius 1 is 1.00 bits per heavy atom. The summed E-state index contributed by atoms with van der Waals surface area (Å²) < 4.78 is 11.4. The number of hydrogen-bond donors (Lipinski definition) is 1. The van der Waals surface area contributed by atoms with E-state index < -0.39 is 0 Å². The first-order valence-electron chi connectivity index (χ1n) is 5.98. The summed E-state index contributed by atoms with van der Waals surface area (Å²) in [6.45, 7) is 0. The molecule has 0 radical (unpaired) electrons. The second-order valence-corrected chi connectivity index (χ2v) is 5.56. The SMILES string of the molecule is COc1cc(OC)cc(C(N)c2ccc(Br)c(Cl)c2)c1. The molecule has 5 heteroatoms. The van der Waals surface area contributed by atoms with Gasteiger partial charge in [0.05, 0.1) is 25.3 Å². The lowest BCUT2D eigenvalue weighted by Gasteiger charge is -2.16. The largest absolute Gasteiger partial charge is 0.497 e. The Kier molecular flexibility index (Phi) is 4.91. The molecule has 2 aromatic carbocycles. The van der Waals surface area contributed by atoms with E-state index in [9.17, 15) is 0 Å². The molecule has 2 N–H and O–H groups in total. The number of benzene rings is 2. The highest BCUT2D eigenvalue weighted by molar-refractivity contribution is 9.10. The van der Waals surface area contributed by atoms with Gasteiger partial charge in [0.1, 0.15) is 11.5 Å². The molecule has 0 fully saturated rings. The normalized spacial score (nSPS) is 12.1. The van der Waals surface area contributed by atoms with Crippen LogP contribution in [0.25, 0.3) is 0 Å². The molecule has 0 aromatic heterocycles. The van der Waals surface area contributed by atoms with Gasteiger partial charge in [-0.05, 0) is 51.3 Å². The van der Waals surface area contributed by atoms with Crippen LogP contribution in [0.15, 0.2) is 40.9 Å². The molecule has 2 aromatic rings. The summed E-state index contributed by atoms with van der Waals surface area (Å²) in [4.78, 5) is 0. The van der Waals surface area contributed by atoms with Gasteiger partial charge in [-0.15, -0.1) is 0 Å². The molecule has 106 valence electrons. The molecule has 3 nitrogen and oxygen atoms in total. The summed E-state index contributed by atoms with van der Waals surface area (Å²) in [6.07, 6.45) is 0. The number of hydrogen-bond acceptors (Lipinski definition) is 3. The zero-order valence-corrected chi connectivity index (χ0v) is 13.5. The van der Waals surface area contributed by atoms with Gasteiger partial charge >= 0.3 is 0 Å². The average molecular weight is 357 g/mol. The van der Waals surface area contributed by atoms with E-state index >= 15 is 0 Å². The van der Waals surface area contributed by atoms with Gasteiger partial charge in [-0.1, -0.05) is 17.7 Å². The quantitative estimate of drug-likeness (QED) is 0.894. The predicted octanol–water partition coefficient (Wildman–Crippen LogP) is 4.17. The number of ether oxygens (including phenoxy) is 2. The number of rotatable bonds is 4. The summed E-state index contributed by atoms with van der Waals surface area (Å²) in [6, 6.07) is 11.0. The number of methoxy groups -OCH3 is 2. The van der Waals surface area contributed by atoms with Crippen molar-refractivity contribution in [2.24, 2.45) is 5.73 Å². The summed E-state index contributed by atoms with van der Waals surface area (Å²) in [5.74, 6) is 1.41. The van der Waals surface area contributed by atoms with Crippen molar-refractivity contribution in [3.05, 3.63) is 57.0 Å². The fourth-order valence-electron chi connectivity index (χ4n) is 1.91. The highest BCUT2D eigenvalue weighted by atomic mass is 79.9. The molecule has 1 unspecified atom stereocenters. The standard InChI is InChI=1S/C15H15BrClNO2/c1-19-11-5-10(6-12(8-11)20-2)15(18)9-3-4-13(16)14(17)7-9/h3-8,15H,18H2,1-2H3. The molecule has 0 bridgehead atoms. The smallest absolute Gasteiger partial charge is 0.122 e. The van der Waals surface area contributed by atoms with E-state index in [2.05, 4.69) is 15.9 Å². The van der Waals surface area contributed by atoms with Gasteiger partial charge in [-0.3, -0.25) is 0 Å². The van der Waals surface area contributed by atoms with Gasteiger partial charge in [0.25, 0.3) is 0 Å². The Bertz CT molecular complexity index is 597. The van der Waals surface area contributed by atoms with E-state index in [0.29, 0.717) is 16.5 Å². The molecule has 0 heterocycles. The van der Waals surface area contributed by atoms with Crippen molar-refractivity contribution in [3.63, 3.8) is 0 Å². The maximum Gasteiger partial charge on any atom is 0.122 e. The zero-order chi connectivity index (χ0) is 14.7. The van der Waals surface area contributed by atoms with Crippen LogP contribution in [-0.4, -0.2) is 14.2 Å². The Labute approximate surface area is 131 Å². The van der Waals surface area contributed by atoms with Gasteiger partial charge in [-0.25, -0.2) is 0 Å². The number of halogens is 2. The third kappa shape index (κ3) is 3.26. The molecule has 2 rings (SSSR count). The summed E-state index contributed by atoms with van der Waals surface area (Å²) in [5, 5.41) is 0.632. The van der Waals surface area contributed by atoms with Crippen molar-refractivity contribution in [2.45, 2.75) is 6.04 Å². The lowest BCUT2D eigenvalue weighted by atomic mass is 9.99. The van der Waals surface area contributed by atoms with Crippen molar-refractivity contribution in [1.29, 1.82) is 0 Å². The highest BCUT2D eigenvalue weighted by Crippen LogP contribution is 2.31. The molecule has 0 amide bonds. The van der Waals surface area contributed by atoms with Gasteiger partial charge in [0.15, 0.2) is 0 Å². The van der Waals surface area contributed by atoms with Crippen LogP contribution in [0.4, 0.5) is 0 Å². The molecule has 0 saturated carbocycles. The van der Waals surface area contributed by atoms with Gasteiger partial charge < -0.3 is 15.2 Å². The zero-order valence-electron chi connectivity index (χ0n) is 11.2. The lowest BCUT2D eigenvalue weighted by molar-refractivity contribution is 0.393. The highest BCUT2D eigenvalue weighted by Gasteiger charge is 2.13. The lowest BCUT2D eigenvalue weighted by Crippen LogP contribution is -2.12. The summed E-state index contributed by atoms with van der Waals surface area (Å²) >= 11 is 9.48. The van der Waals surface area contributed by atoms with E-state index in [1.807, 2.05) is 36.4 Å². The Morgan fingerprint density at radius 3 is 2.10 bits per heavy atom. The molecular weight excluding hydrogens is 342 g/mol. The third-order valence-electron chi connectivity index (χ3n) is 3.04. The summed E-state index contributed by atoms with van der Waals surface area (Å²) in [7, 11) is 3.22. The van der Waals surface area contributed by atoms with Crippen molar-refractivity contribution >= 4 is 27.5 Å². The minimum Gasteiger partial charge on any atom is -0.497 e. The molecule has 0 aliphatic carbocycles. The molecule has 20 heavy (non-hydrogen) atoms. The van der Waals surface area contributed by atoms with E-state index in [1.54, 1.807) is 14.2 Å². The maximum atomic E-state index is 6.30. The van der Waals surface area contributed by atoms with Crippen LogP contribution in [0.2, 0.25) is 5.02 Å². The summed E-state index contributed by atoms with van der Waals surface area (Å²) in [5.41, 5.74) is 8.12. The van der Waals surface area contributed by atoms with E-state index in [1.165, 1.54) is 0 Å². The van der Waals surface area contributed by atoms with E-state index in [0.717, 1.165) is 15.6 Å². The maximum absolute atomic E-state index is 6.30. The van der Waals surface area contributed by atoms with Crippen molar-refractivity contribution in [3.8, 4) is 11.5 Å².